The molecule has 0 saturated heterocycles. The number of hydrogen-bond acceptors (Lipinski definition) is 4. The minimum Gasteiger partial charge on any atom is -0.454 e. The number of nitrogens with one attached hydrogen (secondary N) is 1. The van der Waals surface area contributed by atoms with E-state index in [9.17, 15) is 4.79 Å². The number of rotatable bonds is 0. The fourth-order valence-corrected chi connectivity index (χ4v) is 1.95. The number of hydrogen-bond donors (Lipinski definition) is 1. The van der Waals surface area contributed by atoms with E-state index in [0.717, 1.165) is 16.9 Å². The molecule has 2 aliphatic rings. The summed E-state index contributed by atoms with van der Waals surface area (Å²) >= 11 is 0. The molecule has 1 unspecified atom stereocenters. The van der Waals surface area contributed by atoms with Gasteiger partial charge in [-0.05, 0) is 24.6 Å². The second kappa shape index (κ2) is 2.97. The van der Waals surface area contributed by atoms with E-state index in [0.29, 0.717) is 12.3 Å². The van der Waals surface area contributed by atoms with Crippen LogP contribution in [0.25, 0.3) is 0 Å². The van der Waals surface area contributed by atoms with Gasteiger partial charge in [0.25, 0.3) is 0 Å². The number of ketones is 1. The van der Waals surface area contributed by atoms with Crippen molar-refractivity contribution in [1.82, 2.24) is 5.32 Å². The van der Waals surface area contributed by atoms with Crippen LogP contribution in [0.2, 0.25) is 0 Å². The molecule has 4 heteroatoms. The summed E-state index contributed by atoms with van der Waals surface area (Å²) < 4.78 is 10.5. The first-order chi connectivity index (χ1) is 7.25. The largest absolute Gasteiger partial charge is 0.454 e. The molecule has 2 heterocycles. The first-order valence-corrected chi connectivity index (χ1v) is 4.96. The molecule has 1 aromatic rings. The molecule has 0 saturated carbocycles. The van der Waals surface area contributed by atoms with Crippen molar-refractivity contribution in [2.24, 2.45) is 0 Å². The van der Waals surface area contributed by atoms with Gasteiger partial charge in [0.2, 0.25) is 6.79 Å². The second-order valence-corrected chi connectivity index (χ2v) is 3.83. The Labute approximate surface area is 87.2 Å². The molecule has 0 amide bonds. The quantitative estimate of drug-likeness (QED) is 0.688. The summed E-state index contributed by atoms with van der Waals surface area (Å²) in [6, 6.07) is 3.56. The molecule has 0 radical (unpaired) electrons. The normalized spacial score (nSPS) is 22.7. The van der Waals surface area contributed by atoms with Crippen LogP contribution >= 0.6 is 0 Å². The van der Waals surface area contributed by atoms with Gasteiger partial charge in [0.05, 0.1) is 6.04 Å². The zero-order chi connectivity index (χ0) is 10.4. The van der Waals surface area contributed by atoms with Crippen molar-refractivity contribution in [3.63, 3.8) is 0 Å². The average molecular weight is 205 g/mol. The van der Waals surface area contributed by atoms with E-state index in [1.807, 2.05) is 13.0 Å². The van der Waals surface area contributed by atoms with E-state index in [4.69, 9.17) is 9.47 Å². The van der Waals surface area contributed by atoms with Crippen molar-refractivity contribution in [2.75, 3.05) is 6.79 Å². The molecule has 0 fully saturated rings. The summed E-state index contributed by atoms with van der Waals surface area (Å²) in [5.74, 6) is 1.53. The van der Waals surface area contributed by atoms with Crippen LogP contribution in [-0.2, 0) is 6.54 Å². The second-order valence-electron chi connectivity index (χ2n) is 3.83. The Morgan fingerprint density at radius 2 is 2.07 bits per heavy atom. The summed E-state index contributed by atoms with van der Waals surface area (Å²) in [6.45, 7) is 2.82. The highest BCUT2D eigenvalue weighted by Gasteiger charge is 2.27. The summed E-state index contributed by atoms with van der Waals surface area (Å²) in [5, 5.41) is 3.13. The van der Waals surface area contributed by atoms with Gasteiger partial charge in [-0.1, -0.05) is 0 Å². The van der Waals surface area contributed by atoms with Crippen LogP contribution in [0.4, 0.5) is 0 Å². The molecule has 1 N–H and O–H groups in total. The van der Waals surface area contributed by atoms with Crippen molar-refractivity contribution in [3.05, 3.63) is 23.3 Å². The lowest BCUT2D eigenvalue weighted by Crippen LogP contribution is -2.38. The molecule has 2 aliphatic heterocycles. The minimum absolute atomic E-state index is 0.113. The predicted molar refractivity (Wildman–Crippen MR) is 53.2 cm³/mol. The van der Waals surface area contributed by atoms with Crippen molar-refractivity contribution in [1.29, 1.82) is 0 Å². The number of carbonyl (C=O) groups excluding carboxylic acids is 1. The molecule has 1 aromatic carbocycles. The Hall–Kier alpha value is -1.55. The monoisotopic (exact) mass is 205 g/mol. The molecule has 78 valence electrons. The first-order valence-electron chi connectivity index (χ1n) is 4.96. The van der Waals surface area contributed by atoms with Crippen LogP contribution in [-0.4, -0.2) is 18.6 Å². The Bertz CT molecular complexity index is 442. The number of benzene rings is 1. The van der Waals surface area contributed by atoms with Gasteiger partial charge >= 0.3 is 0 Å². The maximum atomic E-state index is 11.9. The zero-order valence-electron chi connectivity index (χ0n) is 8.37. The van der Waals surface area contributed by atoms with Crippen molar-refractivity contribution < 1.29 is 14.3 Å². The van der Waals surface area contributed by atoms with Crippen molar-refractivity contribution >= 4 is 5.78 Å². The molecular formula is C11H11NO3. The molecule has 4 nitrogen and oxygen atoms in total. The van der Waals surface area contributed by atoms with Gasteiger partial charge in [0.1, 0.15) is 0 Å². The summed E-state index contributed by atoms with van der Waals surface area (Å²) in [7, 11) is 0. The van der Waals surface area contributed by atoms with Gasteiger partial charge in [0, 0.05) is 12.1 Å². The molecule has 15 heavy (non-hydrogen) atoms. The fourth-order valence-electron chi connectivity index (χ4n) is 1.95. The highest BCUT2D eigenvalue weighted by molar-refractivity contribution is 6.02. The van der Waals surface area contributed by atoms with E-state index in [1.54, 1.807) is 6.07 Å². The maximum Gasteiger partial charge on any atom is 0.231 e. The molecule has 0 spiro atoms. The van der Waals surface area contributed by atoms with Crippen LogP contribution in [0.3, 0.4) is 0 Å². The Balaban J connectivity index is 2.14. The Morgan fingerprint density at radius 3 is 2.87 bits per heavy atom. The first kappa shape index (κ1) is 8.73. The lowest BCUT2D eigenvalue weighted by atomic mass is 9.95. The maximum absolute atomic E-state index is 11.9. The van der Waals surface area contributed by atoms with Gasteiger partial charge < -0.3 is 14.8 Å². The number of Topliss-reactive ketones (excluding diaryl/α,β-unsaturated/α-hetero) is 1. The highest BCUT2D eigenvalue weighted by atomic mass is 16.7. The zero-order valence-corrected chi connectivity index (χ0v) is 8.37. The fraction of sp³-hybridized carbons (Fsp3) is 0.364. The van der Waals surface area contributed by atoms with Crippen LogP contribution in [0, 0.1) is 0 Å². The van der Waals surface area contributed by atoms with Crippen LogP contribution in [0.5, 0.6) is 11.5 Å². The molecule has 1 atom stereocenters. The lowest BCUT2D eigenvalue weighted by molar-refractivity contribution is 0.0939. The summed E-state index contributed by atoms with van der Waals surface area (Å²) in [5.41, 5.74) is 1.74. The van der Waals surface area contributed by atoms with Crippen LogP contribution < -0.4 is 14.8 Å². The Kier molecular flexibility index (Phi) is 1.73. The van der Waals surface area contributed by atoms with E-state index >= 15 is 0 Å². The number of fused-ring (bicyclic) bond motifs is 2. The smallest absolute Gasteiger partial charge is 0.231 e. The van der Waals surface area contributed by atoms with Gasteiger partial charge in [-0.15, -0.1) is 0 Å². The predicted octanol–water partition coefficient (Wildman–Crippen LogP) is 1.09. The highest BCUT2D eigenvalue weighted by Crippen LogP contribution is 2.36. The average Bonchev–Trinajstić information content (AvgIpc) is 2.68. The van der Waals surface area contributed by atoms with Gasteiger partial charge in [-0.3, -0.25) is 4.79 Å². The van der Waals surface area contributed by atoms with Crippen LogP contribution in [0.1, 0.15) is 22.8 Å². The number of ether oxygens (including phenoxy) is 2. The molecule has 0 aliphatic carbocycles. The third-order valence-electron chi connectivity index (χ3n) is 2.86. The minimum atomic E-state index is -0.113. The molecule has 0 aromatic heterocycles. The van der Waals surface area contributed by atoms with E-state index in [1.165, 1.54) is 0 Å². The SMILES string of the molecule is CC1NCc2cc3c(cc2C1=O)OCO3. The van der Waals surface area contributed by atoms with E-state index < -0.39 is 0 Å². The molecular weight excluding hydrogens is 194 g/mol. The van der Waals surface area contributed by atoms with Gasteiger partial charge in [0.15, 0.2) is 17.3 Å². The summed E-state index contributed by atoms with van der Waals surface area (Å²) in [6.07, 6.45) is 0. The number of carbonyl (C=O) groups is 1. The van der Waals surface area contributed by atoms with Crippen molar-refractivity contribution in [3.8, 4) is 11.5 Å². The summed E-state index contributed by atoms with van der Waals surface area (Å²) in [4.78, 5) is 11.9. The van der Waals surface area contributed by atoms with Crippen molar-refractivity contribution in [2.45, 2.75) is 19.5 Å². The lowest BCUT2D eigenvalue weighted by Gasteiger charge is -2.21. The standard InChI is InChI=1S/C11H11NO3/c1-6-11(13)8-3-10-9(14-5-15-10)2-7(8)4-12-6/h2-3,6,12H,4-5H2,1H3. The molecule has 0 bridgehead atoms. The third-order valence-corrected chi connectivity index (χ3v) is 2.86. The molecule has 3 rings (SSSR count). The topological polar surface area (TPSA) is 47.6 Å². The van der Waals surface area contributed by atoms with E-state index in [-0.39, 0.29) is 18.6 Å². The van der Waals surface area contributed by atoms with E-state index in [2.05, 4.69) is 5.32 Å². The van der Waals surface area contributed by atoms with Gasteiger partial charge in [-0.2, -0.15) is 0 Å². The van der Waals surface area contributed by atoms with Crippen LogP contribution in [0.15, 0.2) is 12.1 Å². The Morgan fingerprint density at radius 1 is 1.33 bits per heavy atom. The van der Waals surface area contributed by atoms with Gasteiger partial charge in [-0.25, -0.2) is 0 Å². The third kappa shape index (κ3) is 1.22.